The van der Waals surface area contributed by atoms with Crippen molar-refractivity contribution in [3.8, 4) is 5.69 Å². The third-order valence-corrected chi connectivity index (χ3v) is 3.80. The van der Waals surface area contributed by atoms with Crippen LogP contribution in [0.4, 0.5) is 5.69 Å². The summed E-state index contributed by atoms with van der Waals surface area (Å²) in [5.74, 6) is -0.0430. The highest BCUT2D eigenvalue weighted by molar-refractivity contribution is 5.92. The Labute approximate surface area is 135 Å². The lowest BCUT2D eigenvalue weighted by Gasteiger charge is -2.08. The summed E-state index contributed by atoms with van der Waals surface area (Å²) in [7, 11) is 0. The molecule has 0 saturated heterocycles. The van der Waals surface area contributed by atoms with Gasteiger partial charge in [-0.2, -0.15) is 0 Å². The van der Waals surface area contributed by atoms with Crippen LogP contribution in [-0.4, -0.2) is 20.4 Å². The van der Waals surface area contributed by atoms with Crippen LogP contribution in [-0.2, 0) is 11.2 Å². The summed E-state index contributed by atoms with van der Waals surface area (Å²) in [6.45, 7) is 4.02. The van der Waals surface area contributed by atoms with Gasteiger partial charge in [-0.15, -0.1) is 0 Å². The van der Waals surface area contributed by atoms with E-state index in [2.05, 4.69) is 15.3 Å². The van der Waals surface area contributed by atoms with Gasteiger partial charge in [0.25, 0.3) is 0 Å². The molecule has 0 unspecified atom stereocenters. The molecule has 0 spiro atoms. The monoisotopic (exact) mass is 306 g/mol. The van der Waals surface area contributed by atoms with Gasteiger partial charge in [0.15, 0.2) is 0 Å². The topological polar surface area (TPSA) is 59.8 Å². The van der Waals surface area contributed by atoms with Crippen molar-refractivity contribution in [3.63, 3.8) is 0 Å². The number of pyridine rings is 1. The molecule has 0 fully saturated rings. The van der Waals surface area contributed by atoms with E-state index in [1.807, 2.05) is 61.1 Å². The highest BCUT2D eigenvalue weighted by atomic mass is 16.1. The van der Waals surface area contributed by atoms with Crippen LogP contribution in [0.1, 0.15) is 17.0 Å². The van der Waals surface area contributed by atoms with E-state index in [4.69, 9.17) is 0 Å². The summed E-state index contributed by atoms with van der Waals surface area (Å²) < 4.78 is 2.03. The van der Waals surface area contributed by atoms with E-state index in [0.29, 0.717) is 6.42 Å². The van der Waals surface area contributed by atoms with Gasteiger partial charge in [-0.1, -0.05) is 0 Å². The van der Waals surface area contributed by atoms with E-state index < -0.39 is 0 Å². The van der Waals surface area contributed by atoms with Crippen molar-refractivity contribution >= 4 is 11.6 Å². The average Bonchev–Trinajstić information content (AvgIpc) is 2.89. The van der Waals surface area contributed by atoms with Crippen LogP contribution in [0.5, 0.6) is 0 Å². The molecule has 0 aliphatic heterocycles. The van der Waals surface area contributed by atoms with Crippen LogP contribution in [0, 0.1) is 13.8 Å². The molecule has 23 heavy (non-hydrogen) atoms. The first-order chi connectivity index (χ1) is 11.1. The zero-order valence-corrected chi connectivity index (χ0v) is 13.2. The van der Waals surface area contributed by atoms with Crippen molar-refractivity contribution in [2.45, 2.75) is 20.3 Å². The van der Waals surface area contributed by atoms with E-state index in [9.17, 15) is 4.79 Å². The molecule has 0 bridgehead atoms. The molecule has 1 amide bonds. The van der Waals surface area contributed by atoms with Crippen LogP contribution >= 0.6 is 0 Å². The van der Waals surface area contributed by atoms with Crippen molar-refractivity contribution in [2.75, 3.05) is 5.32 Å². The maximum Gasteiger partial charge on any atom is 0.228 e. The van der Waals surface area contributed by atoms with Crippen LogP contribution < -0.4 is 5.32 Å². The number of hydrogen-bond acceptors (Lipinski definition) is 3. The van der Waals surface area contributed by atoms with Crippen molar-refractivity contribution in [2.24, 2.45) is 0 Å². The molecule has 1 N–H and O–H groups in total. The summed E-state index contributed by atoms with van der Waals surface area (Å²) in [5.41, 5.74) is 4.87. The summed E-state index contributed by atoms with van der Waals surface area (Å²) in [6, 6.07) is 11.4. The Balaban J connectivity index is 1.68. The number of aromatic nitrogens is 3. The number of amides is 1. The molecule has 3 rings (SSSR count). The van der Waals surface area contributed by atoms with Crippen LogP contribution in [0.2, 0.25) is 0 Å². The molecule has 0 aliphatic rings. The lowest BCUT2D eigenvalue weighted by Crippen LogP contribution is -2.14. The fourth-order valence-electron chi connectivity index (χ4n) is 2.36. The Bertz CT molecular complexity index is 807. The van der Waals surface area contributed by atoms with E-state index >= 15 is 0 Å². The molecule has 0 aliphatic carbocycles. The van der Waals surface area contributed by atoms with Crippen molar-refractivity contribution < 1.29 is 4.79 Å². The first-order valence-electron chi connectivity index (χ1n) is 7.43. The molecule has 5 heteroatoms. The number of hydrogen-bond donors (Lipinski definition) is 1. The second-order valence-electron chi connectivity index (χ2n) is 5.41. The molecular formula is C18H18N4O. The number of carbonyl (C=O) groups is 1. The average molecular weight is 306 g/mol. The smallest absolute Gasteiger partial charge is 0.228 e. The minimum absolute atomic E-state index is 0.0430. The fraction of sp³-hybridized carbons (Fsp3) is 0.167. The lowest BCUT2D eigenvalue weighted by atomic mass is 10.2. The lowest BCUT2D eigenvalue weighted by molar-refractivity contribution is -0.115. The van der Waals surface area contributed by atoms with E-state index in [1.54, 1.807) is 12.4 Å². The van der Waals surface area contributed by atoms with E-state index in [0.717, 1.165) is 28.3 Å². The second kappa shape index (κ2) is 6.44. The number of aryl methyl sites for hydroxylation is 1. The molecule has 0 atom stereocenters. The summed E-state index contributed by atoms with van der Waals surface area (Å²) in [6.07, 6.45) is 5.52. The second-order valence-corrected chi connectivity index (χ2v) is 5.41. The van der Waals surface area contributed by atoms with Crippen molar-refractivity contribution in [1.82, 2.24) is 14.5 Å². The zero-order valence-electron chi connectivity index (χ0n) is 13.2. The number of benzene rings is 1. The van der Waals surface area contributed by atoms with Gasteiger partial charge >= 0.3 is 0 Å². The Morgan fingerprint density at radius 2 is 1.78 bits per heavy atom. The van der Waals surface area contributed by atoms with Crippen LogP contribution in [0.15, 0.2) is 55.1 Å². The van der Waals surface area contributed by atoms with E-state index in [-0.39, 0.29) is 5.91 Å². The predicted octanol–water partition coefficient (Wildman–Crippen LogP) is 3.07. The van der Waals surface area contributed by atoms with Crippen LogP contribution in [0.25, 0.3) is 5.69 Å². The molecule has 3 aromatic rings. The van der Waals surface area contributed by atoms with E-state index in [1.165, 1.54) is 0 Å². The summed E-state index contributed by atoms with van der Waals surface area (Å²) in [5, 5.41) is 2.90. The van der Waals surface area contributed by atoms with Gasteiger partial charge in [-0.05, 0) is 55.8 Å². The number of carbonyl (C=O) groups excluding carboxylic acids is 1. The molecule has 0 radical (unpaired) electrons. The Kier molecular flexibility index (Phi) is 4.19. The third-order valence-electron chi connectivity index (χ3n) is 3.80. The van der Waals surface area contributed by atoms with Gasteiger partial charge in [0.2, 0.25) is 5.91 Å². The minimum Gasteiger partial charge on any atom is -0.326 e. The van der Waals surface area contributed by atoms with Gasteiger partial charge in [0, 0.05) is 29.5 Å². The van der Waals surface area contributed by atoms with Crippen LogP contribution in [0.3, 0.4) is 0 Å². The highest BCUT2D eigenvalue weighted by Crippen LogP contribution is 2.17. The fourth-order valence-corrected chi connectivity index (χ4v) is 2.36. The maximum absolute atomic E-state index is 12.0. The van der Waals surface area contributed by atoms with Crippen molar-refractivity contribution in [3.05, 3.63) is 72.1 Å². The molecule has 2 heterocycles. The third kappa shape index (κ3) is 3.45. The van der Waals surface area contributed by atoms with Gasteiger partial charge in [0.1, 0.15) is 0 Å². The number of nitrogens with zero attached hydrogens (tertiary/aromatic N) is 3. The number of rotatable bonds is 4. The quantitative estimate of drug-likeness (QED) is 0.806. The standard InChI is InChI=1S/C18H18N4O/c1-13-14(2)22(12-20-13)17-5-3-16(4-6-17)21-18(23)11-15-7-9-19-10-8-15/h3-10,12H,11H2,1-2H3,(H,21,23). The highest BCUT2D eigenvalue weighted by Gasteiger charge is 2.06. The largest absolute Gasteiger partial charge is 0.326 e. The minimum atomic E-state index is -0.0430. The number of nitrogens with one attached hydrogen (secondary N) is 1. The van der Waals surface area contributed by atoms with Gasteiger partial charge < -0.3 is 9.88 Å². The maximum atomic E-state index is 12.0. The Hall–Kier alpha value is -2.95. The Morgan fingerprint density at radius 1 is 1.09 bits per heavy atom. The molecule has 5 nitrogen and oxygen atoms in total. The predicted molar refractivity (Wildman–Crippen MR) is 89.6 cm³/mol. The molecule has 0 saturated carbocycles. The number of anilines is 1. The first-order valence-corrected chi connectivity index (χ1v) is 7.43. The SMILES string of the molecule is Cc1ncn(-c2ccc(NC(=O)Cc3ccncc3)cc2)c1C. The molecule has 2 aromatic heterocycles. The summed E-state index contributed by atoms with van der Waals surface area (Å²) in [4.78, 5) is 20.3. The molecule has 1 aromatic carbocycles. The summed E-state index contributed by atoms with van der Waals surface area (Å²) >= 11 is 0. The zero-order chi connectivity index (χ0) is 16.2. The first kappa shape index (κ1) is 15.0. The number of imidazole rings is 1. The molecular weight excluding hydrogens is 288 g/mol. The van der Waals surface area contributed by atoms with Gasteiger partial charge in [0.05, 0.1) is 18.4 Å². The Morgan fingerprint density at radius 3 is 2.39 bits per heavy atom. The van der Waals surface area contributed by atoms with Crippen molar-refractivity contribution in [1.29, 1.82) is 0 Å². The normalized spacial score (nSPS) is 10.5. The molecule has 116 valence electrons. The van der Waals surface area contributed by atoms with Gasteiger partial charge in [-0.25, -0.2) is 4.98 Å². The van der Waals surface area contributed by atoms with Gasteiger partial charge in [-0.3, -0.25) is 9.78 Å².